The lowest BCUT2D eigenvalue weighted by atomic mass is 10.1. The van der Waals surface area contributed by atoms with Gasteiger partial charge >= 0.3 is 0 Å². The molecule has 3 N–H and O–H groups in total. The summed E-state index contributed by atoms with van der Waals surface area (Å²) in [7, 11) is 3.20. The molecule has 0 atom stereocenters. The molecule has 2 aromatic rings. The smallest absolute Gasteiger partial charge is 0.259 e. The number of benzene rings is 2. The van der Waals surface area contributed by atoms with E-state index in [0.29, 0.717) is 23.5 Å². The molecule has 0 bridgehead atoms. The predicted octanol–water partition coefficient (Wildman–Crippen LogP) is 2.26. The lowest BCUT2D eigenvalue weighted by Gasteiger charge is -2.20. The van der Waals surface area contributed by atoms with Crippen molar-refractivity contribution in [3.8, 4) is 11.5 Å². The number of hydrogen-bond acceptors (Lipinski definition) is 4. The van der Waals surface area contributed by atoms with Gasteiger partial charge in [0.2, 0.25) is 0 Å². The number of nitrogens with zero attached hydrogens (tertiary/aromatic N) is 1. The van der Waals surface area contributed by atoms with Crippen LogP contribution in [-0.2, 0) is 6.54 Å². The molecule has 0 heterocycles. The van der Waals surface area contributed by atoms with Crippen LogP contribution in [0.3, 0.4) is 0 Å². The van der Waals surface area contributed by atoms with E-state index in [9.17, 15) is 9.90 Å². The van der Waals surface area contributed by atoms with Crippen LogP contribution in [0.25, 0.3) is 0 Å². The van der Waals surface area contributed by atoms with Gasteiger partial charge in [0.15, 0.2) is 0 Å². The molecule has 0 aliphatic rings. The number of carbonyl (C=O) groups is 1. The van der Waals surface area contributed by atoms with E-state index in [1.807, 2.05) is 0 Å². The minimum absolute atomic E-state index is 0.196. The Kier molecular flexibility index (Phi) is 4.33. The maximum atomic E-state index is 12.5. The standard InChI is InChI=1S/C16H18N2O3/c1-18(10-11-6-8-12(19)9-7-11)16(20)15-13(17)4-3-5-14(15)21-2/h3-9,19H,10,17H2,1-2H3. The van der Waals surface area contributed by atoms with E-state index in [1.54, 1.807) is 54.4 Å². The molecule has 0 aliphatic carbocycles. The topological polar surface area (TPSA) is 75.8 Å². The van der Waals surface area contributed by atoms with Gasteiger partial charge in [-0.1, -0.05) is 18.2 Å². The number of rotatable bonds is 4. The number of phenolic OH excluding ortho intramolecular Hbond substituents is 1. The van der Waals surface area contributed by atoms with E-state index >= 15 is 0 Å². The van der Waals surface area contributed by atoms with Crippen molar-refractivity contribution < 1.29 is 14.6 Å². The Hall–Kier alpha value is -2.69. The Bertz CT molecular complexity index is 638. The molecule has 5 nitrogen and oxygen atoms in total. The van der Waals surface area contributed by atoms with Crippen LogP contribution in [0.15, 0.2) is 42.5 Å². The molecule has 110 valence electrons. The Labute approximate surface area is 123 Å². The van der Waals surface area contributed by atoms with Gasteiger partial charge in [-0.05, 0) is 29.8 Å². The third-order valence-electron chi connectivity index (χ3n) is 3.20. The van der Waals surface area contributed by atoms with Crippen LogP contribution in [-0.4, -0.2) is 30.1 Å². The molecule has 0 radical (unpaired) electrons. The number of anilines is 1. The lowest BCUT2D eigenvalue weighted by Crippen LogP contribution is -2.27. The van der Waals surface area contributed by atoms with Gasteiger partial charge in [-0.25, -0.2) is 0 Å². The van der Waals surface area contributed by atoms with Gasteiger partial charge in [0.25, 0.3) is 5.91 Å². The molecule has 5 heteroatoms. The van der Waals surface area contributed by atoms with Crippen molar-refractivity contribution in [1.82, 2.24) is 4.90 Å². The van der Waals surface area contributed by atoms with Gasteiger partial charge < -0.3 is 20.5 Å². The summed E-state index contributed by atoms with van der Waals surface area (Å²) in [6.07, 6.45) is 0. The maximum absolute atomic E-state index is 12.5. The second-order valence-electron chi connectivity index (χ2n) is 4.75. The average Bonchev–Trinajstić information content (AvgIpc) is 2.48. The second kappa shape index (κ2) is 6.17. The fraction of sp³-hybridized carbons (Fsp3) is 0.188. The van der Waals surface area contributed by atoms with Gasteiger partial charge in [-0.2, -0.15) is 0 Å². The van der Waals surface area contributed by atoms with E-state index in [4.69, 9.17) is 10.5 Å². The molecular formula is C16H18N2O3. The van der Waals surface area contributed by atoms with E-state index in [1.165, 1.54) is 7.11 Å². The fourth-order valence-electron chi connectivity index (χ4n) is 2.08. The summed E-state index contributed by atoms with van der Waals surface area (Å²) < 4.78 is 5.20. The van der Waals surface area contributed by atoms with Gasteiger partial charge in [-0.3, -0.25) is 4.79 Å². The zero-order valence-corrected chi connectivity index (χ0v) is 12.0. The summed E-state index contributed by atoms with van der Waals surface area (Å²) in [6, 6.07) is 11.8. The first-order valence-corrected chi connectivity index (χ1v) is 6.48. The highest BCUT2D eigenvalue weighted by Crippen LogP contribution is 2.26. The van der Waals surface area contributed by atoms with Crippen molar-refractivity contribution >= 4 is 11.6 Å². The highest BCUT2D eigenvalue weighted by molar-refractivity contribution is 6.01. The minimum atomic E-state index is -0.210. The van der Waals surface area contributed by atoms with Gasteiger partial charge in [0, 0.05) is 19.3 Å². The monoisotopic (exact) mass is 286 g/mol. The predicted molar refractivity (Wildman–Crippen MR) is 81.3 cm³/mol. The Morgan fingerprint density at radius 1 is 1.24 bits per heavy atom. The van der Waals surface area contributed by atoms with Crippen LogP contribution in [0.1, 0.15) is 15.9 Å². The SMILES string of the molecule is COc1cccc(N)c1C(=O)N(C)Cc1ccc(O)cc1. The van der Waals surface area contributed by atoms with Crippen LogP contribution < -0.4 is 10.5 Å². The molecule has 0 spiro atoms. The largest absolute Gasteiger partial charge is 0.508 e. The number of phenols is 1. The van der Waals surface area contributed by atoms with Crippen molar-refractivity contribution in [2.45, 2.75) is 6.54 Å². The summed E-state index contributed by atoms with van der Waals surface area (Å²) in [5.74, 6) is 0.442. The molecule has 0 aromatic heterocycles. The molecule has 1 amide bonds. The third-order valence-corrected chi connectivity index (χ3v) is 3.20. The fourth-order valence-corrected chi connectivity index (χ4v) is 2.08. The van der Waals surface area contributed by atoms with Gasteiger partial charge in [0.1, 0.15) is 17.1 Å². The zero-order valence-electron chi connectivity index (χ0n) is 12.0. The molecule has 2 aromatic carbocycles. The summed E-state index contributed by atoms with van der Waals surface area (Å²) in [5, 5.41) is 9.27. The highest BCUT2D eigenvalue weighted by atomic mass is 16.5. The van der Waals surface area contributed by atoms with E-state index < -0.39 is 0 Å². The molecule has 0 saturated carbocycles. The maximum Gasteiger partial charge on any atom is 0.259 e. The molecule has 0 fully saturated rings. The van der Waals surface area contributed by atoms with Gasteiger partial charge in [0.05, 0.1) is 7.11 Å². The summed E-state index contributed by atoms with van der Waals surface area (Å²) >= 11 is 0. The van der Waals surface area contributed by atoms with Crippen molar-refractivity contribution in [2.75, 3.05) is 19.9 Å². The quantitative estimate of drug-likeness (QED) is 0.845. The van der Waals surface area contributed by atoms with Crippen LogP contribution >= 0.6 is 0 Å². The lowest BCUT2D eigenvalue weighted by molar-refractivity contribution is 0.0783. The van der Waals surface area contributed by atoms with Crippen LogP contribution in [0.4, 0.5) is 5.69 Å². The van der Waals surface area contributed by atoms with Crippen molar-refractivity contribution in [3.05, 3.63) is 53.6 Å². The number of methoxy groups -OCH3 is 1. The van der Waals surface area contributed by atoms with Gasteiger partial charge in [-0.15, -0.1) is 0 Å². The number of ether oxygens (including phenoxy) is 1. The van der Waals surface area contributed by atoms with Crippen molar-refractivity contribution in [1.29, 1.82) is 0 Å². The molecule has 2 rings (SSSR count). The average molecular weight is 286 g/mol. The number of nitrogens with two attached hydrogens (primary N) is 1. The molecule has 0 saturated heterocycles. The van der Waals surface area contributed by atoms with E-state index in [0.717, 1.165) is 5.56 Å². The van der Waals surface area contributed by atoms with Crippen LogP contribution in [0.5, 0.6) is 11.5 Å². The zero-order chi connectivity index (χ0) is 15.4. The molecule has 21 heavy (non-hydrogen) atoms. The van der Waals surface area contributed by atoms with Crippen molar-refractivity contribution in [2.24, 2.45) is 0 Å². The Morgan fingerprint density at radius 3 is 2.52 bits per heavy atom. The third kappa shape index (κ3) is 3.25. The normalized spacial score (nSPS) is 10.2. The first-order valence-electron chi connectivity index (χ1n) is 6.48. The highest BCUT2D eigenvalue weighted by Gasteiger charge is 2.19. The summed E-state index contributed by atoms with van der Waals surface area (Å²) in [5.41, 5.74) is 7.55. The summed E-state index contributed by atoms with van der Waals surface area (Å²) in [4.78, 5) is 14.1. The van der Waals surface area contributed by atoms with Crippen molar-refractivity contribution in [3.63, 3.8) is 0 Å². The minimum Gasteiger partial charge on any atom is -0.508 e. The Morgan fingerprint density at radius 2 is 1.90 bits per heavy atom. The molecule has 0 unspecified atom stereocenters. The van der Waals surface area contributed by atoms with Crippen LogP contribution in [0, 0.1) is 0 Å². The summed E-state index contributed by atoms with van der Waals surface area (Å²) in [6.45, 7) is 0.413. The first kappa shape index (κ1) is 14.7. The van der Waals surface area contributed by atoms with E-state index in [2.05, 4.69) is 0 Å². The second-order valence-corrected chi connectivity index (χ2v) is 4.75. The number of hydrogen-bond donors (Lipinski definition) is 2. The number of amides is 1. The van der Waals surface area contributed by atoms with Crippen LogP contribution in [0.2, 0.25) is 0 Å². The van der Waals surface area contributed by atoms with E-state index in [-0.39, 0.29) is 11.7 Å². The molecule has 0 aliphatic heterocycles. The molecular weight excluding hydrogens is 268 g/mol. The Balaban J connectivity index is 2.21. The first-order chi connectivity index (χ1) is 10.0. The number of carbonyl (C=O) groups excluding carboxylic acids is 1. The number of aromatic hydroxyl groups is 1. The number of nitrogen functional groups attached to an aromatic ring is 1.